The molecule has 0 saturated heterocycles. The minimum absolute atomic E-state index is 0.0830. The largest absolute Gasteiger partial charge is 0.493 e. The van der Waals surface area contributed by atoms with Gasteiger partial charge in [0.2, 0.25) is 5.91 Å². The van der Waals surface area contributed by atoms with Crippen LogP contribution < -0.4 is 10.1 Å². The first-order valence-electron chi connectivity index (χ1n) is 6.42. The highest BCUT2D eigenvalue weighted by atomic mass is 79.9. The van der Waals surface area contributed by atoms with Crippen molar-refractivity contribution in [3.63, 3.8) is 0 Å². The Balaban J connectivity index is 1.76. The van der Waals surface area contributed by atoms with Crippen molar-refractivity contribution in [1.29, 1.82) is 0 Å². The molecule has 1 amide bonds. The van der Waals surface area contributed by atoms with Crippen LogP contribution in [-0.4, -0.2) is 13.0 Å². The lowest BCUT2D eigenvalue weighted by molar-refractivity contribution is -0.120. The Hall–Kier alpha value is -0.740. The number of hydrogen-bond donors (Lipinski definition) is 1. The molecule has 3 rings (SSSR count). The van der Waals surface area contributed by atoms with E-state index in [0.717, 1.165) is 29.2 Å². The molecular formula is C14H15BrClNO2. The van der Waals surface area contributed by atoms with Crippen molar-refractivity contribution < 1.29 is 9.53 Å². The van der Waals surface area contributed by atoms with Gasteiger partial charge >= 0.3 is 0 Å². The Bertz CT molecular complexity index is 524. The average Bonchev–Trinajstić information content (AvgIpc) is 2.95. The van der Waals surface area contributed by atoms with Crippen molar-refractivity contribution in [2.24, 2.45) is 17.8 Å². The van der Waals surface area contributed by atoms with Gasteiger partial charge in [0.05, 0.1) is 17.3 Å². The maximum atomic E-state index is 12.2. The van der Waals surface area contributed by atoms with Crippen LogP contribution in [0.2, 0.25) is 5.02 Å². The Morgan fingerprint density at radius 3 is 2.68 bits per heavy atom. The first-order chi connectivity index (χ1) is 9.08. The minimum Gasteiger partial charge on any atom is -0.493 e. The van der Waals surface area contributed by atoms with Gasteiger partial charge in [-0.1, -0.05) is 11.6 Å². The number of rotatable bonds is 3. The molecule has 102 valence electrons. The highest BCUT2D eigenvalue weighted by molar-refractivity contribution is 9.10. The second-order valence-corrected chi connectivity index (χ2v) is 6.67. The van der Waals surface area contributed by atoms with E-state index in [2.05, 4.69) is 21.2 Å². The summed E-state index contributed by atoms with van der Waals surface area (Å²) in [5, 5.41) is 3.51. The Labute approximate surface area is 125 Å². The lowest BCUT2D eigenvalue weighted by atomic mass is 10.0. The number of amides is 1. The van der Waals surface area contributed by atoms with Crippen LogP contribution in [-0.2, 0) is 4.79 Å². The van der Waals surface area contributed by atoms with Crippen LogP contribution in [0, 0.1) is 17.8 Å². The van der Waals surface area contributed by atoms with E-state index in [1.165, 1.54) is 6.42 Å². The fraction of sp³-hybridized carbons (Fsp3) is 0.500. The fourth-order valence-electron chi connectivity index (χ4n) is 3.02. The van der Waals surface area contributed by atoms with Gasteiger partial charge in [0.25, 0.3) is 0 Å². The second kappa shape index (κ2) is 4.98. The summed E-state index contributed by atoms with van der Waals surface area (Å²) in [5.74, 6) is 2.43. The van der Waals surface area contributed by atoms with Gasteiger partial charge in [-0.05, 0) is 59.2 Å². The SMILES string of the molecule is COc1c(Br)cc(Cl)cc1NC(=O)C1CC2CC2C1. The number of methoxy groups -OCH3 is 1. The van der Waals surface area contributed by atoms with Gasteiger partial charge in [0.15, 0.2) is 5.75 Å². The Morgan fingerprint density at radius 2 is 2.05 bits per heavy atom. The molecular weight excluding hydrogens is 330 g/mol. The summed E-state index contributed by atoms with van der Waals surface area (Å²) in [5.41, 5.74) is 0.632. The molecule has 3 nitrogen and oxygen atoms in total. The summed E-state index contributed by atoms with van der Waals surface area (Å²) >= 11 is 9.40. The smallest absolute Gasteiger partial charge is 0.227 e. The van der Waals surface area contributed by atoms with Crippen LogP contribution in [0.15, 0.2) is 16.6 Å². The molecule has 2 unspecified atom stereocenters. The highest BCUT2D eigenvalue weighted by Gasteiger charge is 2.48. The van der Waals surface area contributed by atoms with Gasteiger partial charge in [0, 0.05) is 10.9 Å². The standard InChI is InChI=1S/C14H15BrClNO2/c1-19-13-11(15)5-10(16)6-12(13)17-14(18)9-3-7-2-8(7)4-9/h5-9H,2-4H2,1H3,(H,17,18). The van der Waals surface area contributed by atoms with Crippen LogP contribution in [0.25, 0.3) is 0 Å². The van der Waals surface area contributed by atoms with Crippen molar-refractivity contribution >= 4 is 39.1 Å². The predicted molar refractivity (Wildman–Crippen MR) is 78.7 cm³/mol. The normalized spacial score (nSPS) is 27.8. The third-order valence-corrected chi connectivity index (χ3v) is 4.89. The van der Waals surface area contributed by atoms with Gasteiger partial charge in [0.1, 0.15) is 0 Å². The maximum absolute atomic E-state index is 12.2. The van der Waals surface area contributed by atoms with Crippen molar-refractivity contribution in [2.75, 3.05) is 12.4 Å². The van der Waals surface area contributed by atoms with Gasteiger partial charge in [-0.3, -0.25) is 4.79 Å². The molecule has 19 heavy (non-hydrogen) atoms. The van der Waals surface area contributed by atoms with E-state index >= 15 is 0 Å². The molecule has 2 aliphatic carbocycles. The van der Waals surface area contributed by atoms with Crippen LogP contribution in [0.4, 0.5) is 5.69 Å². The zero-order valence-electron chi connectivity index (χ0n) is 10.6. The lowest BCUT2D eigenvalue weighted by Gasteiger charge is -2.16. The first kappa shape index (κ1) is 13.3. The molecule has 1 aromatic carbocycles. The number of benzene rings is 1. The summed E-state index contributed by atoms with van der Waals surface area (Å²) in [6.45, 7) is 0. The van der Waals surface area contributed by atoms with E-state index in [4.69, 9.17) is 16.3 Å². The summed E-state index contributed by atoms with van der Waals surface area (Å²) in [6, 6.07) is 3.47. The molecule has 0 heterocycles. The van der Waals surface area contributed by atoms with Crippen LogP contribution in [0.3, 0.4) is 0 Å². The molecule has 1 N–H and O–H groups in total. The summed E-state index contributed by atoms with van der Waals surface area (Å²) < 4.78 is 6.05. The number of fused-ring (bicyclic) bond motifs is 1. The molecule has 2 fully saturated rings. The van der Waals surface area contributed by atoms with Gasteiger partial charge in [-0.2, -0.15) is 0 Å². The first-order valence-corrected chi connectivity index (χ1v) is 7.59. The summed E-state index contributed by atoms with van der Waals surface area (Å²) in [6.07, 6.45) is 3.37. The molecule has 5 heteroatoms. The third kappa shape index (κ3) is 2.61. The molecule has 0 aliphatic heterocycles. The van der Waals surface area contributed by atoms with E-state index < -0.39 is 0 Å². The molecule has 1 aromatic rings. The fourth-order valence-corrected chi connectivity index (χ4v) is 4.00. The molecule has 2 saturated carbocycles. The zero-order chi connectivity index (χ0) is 13.6. The number of carbonyl (C=O) groups excluding carboxylic acids is 1. The quantitative estimate of drug-likeness (QED) is 0.896. The van der Waals surface area contributed by atoms with E-state index in [-0.39, 0.29) is 11.8 Å². The molecule has 0 radical (unpaired) electrons. The summed E-state index contributed by atoms with van der Waals surface area (Å²) in [7, 11) is 1.58. The minimum atomic E-state index is 0.0830. The predicted octanol–water partition coefficient (Wildman–Crippen LogP) is 4.10. The number of carbonyl (C=O) groups is 1. The number of hydrogen-bond acceptors (Lipinski definition) is 2. The van der Waals surface area contributed by atoms with E-state index in [1.807, 2.05) is 0 Å². The molecule has 2 atom stereocenters. The van der Waals surface area contributed by atoms with Crippen molar-refractivity contribution in [1.82, 2.24) is 0 Å². The van der Waals surface area contributed by atoms with Crippen LogP contribution in [0.5, 0.6) is 5.75 Å². The Kier molecular flexibility index (Phi) is 3.48. The molecule has 0 bridgehead atoms. The maximum Gasteiger partial charge on any atom is 0.227 e. The van der Waals surface area contributed by atoms with Gasteiger partial charge in [-0.25, -0.2) is 0 Å². The van der Waals surface area contributed by atoms with Gasteiger partial charge < -0.3 is 10.1 Å². The van der Waals surface area contributed by atoms with E-state index in [9.17, 15) is 4.79 Å². The molecule has 2 aliphatic rings. The second-order valence-electron chi connectivity index (χ2n) is 5.38. The zero-order valence-corrected chi connectivity index (χ0v) is 12.9. The van der Waals surface area contributed by atoms with Crippen LogP contribution >= 0.6 is 27.5 Å². The van der Waals surface area contributed by atoms with E-state index in [0.29, 0.717) is 16.5 Å². The third-order valence-electron chi connectivity index (χ3n) is 4.08. The summed E-state index contributed by atoms with van der Waals surface area (Å²) in [4.78, 5) is 12.2. The van der Waals surface area contributed by atoms with Crippen molar-refractivity contribution in [3.8, 4) is 5.75 Å². The topological polar surface area (TPSA) is 38.3 Å². The van der Waals surface area contributed by atoms with E-state index in [1.54, 1.807) is 19.2 Å². The monoisotopic (exact) mass is 343 g/mol. The number of anilines is 1. The molecule has 0 aromatic heterocycles. The number of ether oxygens (including phenoxy) is 1. The Morgan fingerprint density at radius 1 is 1.37 bits per heavy atom. The lowest BCUT2D eigenvalue weighted by Crippen LogP contribution is -2.22. The number of nitrogens with one attached hydrogen (secondary N) is 1. The van der Waals surface area contributed by atoms with Crippen molar-refractivity contribution in [3.05, 3.63) is 21.6 Å². The van der Waals surface area contributed by atoms with Gasteiger partial charge in [-0.15, -0.1) is 0 Å². The average molecular weight is 345 g/mol. The van der Waals surface area contributed by atoms with Crippen molar-refractivity contribution in [2.45, 2.75) is 19.3 Å². The van der Waals surface area contributed by atoms with Crippen LogP contribution in [0.1, 0.15) is 19.3 Å². The molecule has 0 spiro atoms. The number of halogens is 2. The highest BCUT2D eigenvalue weighted by Crippen LogP contribution is 2.54.